The van der Waals surface area contributed by atoms with Crippen LogP contribution in [0.3, 0.4) is 0 Å². The zero-order valence-electron chi connectivity index (χ0n) is 16.4. The summed E-state index contributed by atoms with van der Waals surface area (Å²) < 4.78 is 33.2. The van der Waals surface area contributed by atoms with Crippen LogP contribution in [0.1, 0.15) is 12.5 Å². The number of hydrogen-bond donors (Lipinski definition) is 2. The van der Waals surface area contributed by atoms with Crippen LogP contribution >= 0.6 is 11.6 Å². The van der Waals surface area contributed by atoms with E-state index in [1.165, 1.54) is 24.3 Å². The highest BCUT2D eigenvalue weighted by atomic mass is 35.5. The zero-order valence-corrected chi connectivity index (χ0v) is 18.0. The smallest absolute Gasteiger partial charge is 0.265 e. The highest BCUT2D eigenvalue weighted by Crippen LogP contribution is 2.24. The van der Waals surface area contributed by atoms with Gasteiger partial charge < -0.3 is 10.1 Å². The first kappa shape index (κ1) is 21.7. The first-order valence-electron chi connectivity index (χ1n) is 9.16. The minimum Gasteiger partial charge on any atom is -0.479 e. The Hall–Kier alpha value is -3.03. The number of sulfonamides is 1. The average molecular weight is 445 g/mol. The number of carbonyl (C=O) groups excluding carboxylic acids is 1. The quantitative estimate of drug-likeness (QED) is 0.545. The molecule has 0 aliphatic carbocycles. The number of carbonyl (C=O) groups is 1. The second kappa shape index (κ2) is 9.19. The molecule has 0 fully saturated rings. The predicted octanol–water partition coefficient (Wildman–Crippen LogP) is 4.86. The van der Waals surface area contributed by atoms with E-state index in [2.05, 4.69) is 10.0 Å². The third-order valence-corrected chi connectivity index (χ3v) is 5.92. The van der Waals surface area contributed by atoms with Gasteiger partial charge in [-0.05, 0) is 67.9 Å². The van der Waals surface area contributed by atoms with Gasteiger partial charge in [-0.2, -0.15) is 0 Å². The molecule has 0 aliphatic rings. The predicted molar refractivity (Wildman–Crippen MR) is 119 cm³/mol. The molecule has 2 N–H and O–H groups in total. The number of para-hydroxylation sites is 1. The van der Waals surface area contributed by atoms with Crippen molar-refractivity contribution in [3.63, 3.8) is 0 Å². The Kier molecular flexibility index (Phi) is 6.64. The fourth-order valence-corrected chi connectivity index (χ4v) is 3.90. The van der Waals surface area contributed by atoms with Gasteiger partial charge in [-0.15, -0.1) is 0 Å². The van der Waals surface area contributed by atoms with Crippen molar-refractivity contribution in [3.8, 4) is 5.75 Å². The maximum absolute atomic E-state index is 12.6. The Morgan fingerprint density at radius 2 is 1.67 bits per heavy atom. The van der Waals surface area contributed by atoms with E-state index in [0.29, 0.717) is 22.1 Å². The van der Waals surface area contributed by atoms with Crippen LogP contribution in [0.2, 0.25) is 5.02 Å². The first-order chi connectivity index (χ1) is 14.2. The van der Waals surface area contributed by atoms with Gasteiger partial charge in [-0.1, -0.05) is 35.9 Å². The van der Waals surface area contributed by atoms with Crippen LogP contribution in [-0.4, -0.2) is 20.4 Å². The number of amides is 1. The van der Waals surface area contributed by atoms with Crippen molar-refractivity contribution in [2.45, 2.75) is 24.8 Å². The third-order valence-electron chi connectivity index (χ3n) is 4.21. The topological polar surface area (TPSA) is 84.5 Å². The molecular formula is C22H21ClN2O4S. The van der Waals surface area contributed by atoms with Gasteiger partial charge in [0.2, 0.25) is 0 Å². The van der Waals surface area contributed by atoms with Crippen LogP contribution in [-0.2, 0) is 14.8 Å². The molecule has 0 radical (unpaired) electrons. The summed E-state index contributed by atoms with van der Waals surface area (Å²) in [5.41, 5.74) is 1.88. The minimum absolute atomic E-state index is 0.0855. The molecule has 0 bridgehead atoms. The van der Waals surface area contributed by atoms with E-state index in [-0.39, 0.29) is 10.8 Å². The SMILES string of the molecule is Cc1cccc(NS(=O)(=O)c2ccc(NC(=O)[C@@H](C)Oc3ccccc3Cl)cc2)c1. The molecule has 0 aliphatic heterocycles. The summed E-state index contributed by atoms with van der Waals surface area (Å²) in [4.78, 5) is 12.5. The van der Waals surface area contributed by atoms with Crippen molar-refractivity contribution < 1.29 is 17.9 Å². The van der Waals surface area contributed by atoms with Crippen molar-refractivity contribution in [2.75, 3.05) is 10.0 Å². The lowest BCUT2D eigenvalue weighted by Gasteiger charge is -2.16. The summed E-state index contributed by atoms with van der Waals surface area (Å²) >= 11 is 6.04. The lowest BCUT2D eigenvalue weighted by Crippen LogP contribution is -2.30. The van der Waals surface area contributed by atoms with Gasteiger partial charge >= 0.3 is 0 Å². The molecule has 3 rings (SSSR count). The van der Waals surface area contributed by atoms with Crippen LogP contribution in [0.25, 0.3) is 0 Å². The monoisotopic (exact) mass is 444 g/mol. The van der Waals surface area contributed by atoms with Crippen molar-refractivity contribution in [1.82, 2.24) is 0 Å². The number of anilines is 2. The van der Waals surface area contributed by atoms with Crippen LogP contribution in [0.4, 0.5) is 11.4 Å². The Balaban J connectivity index is 1.65. The summed E-state index contributed by atoms with van der Waals surface area (Å²) in [6.45, 7) is 3.48. The molecule has 0 heterocycles. The highest BCUT2D eigenvalue weighted by Gasteiger charge is 2.18. The first-order valence-corrected chi connectivity index (χ1v) is 11.0. The number of rotatable bonds is 7. The van der Waals surface area contributed by atoms with Gasteiger partial charge in [0.15, 0.2) is 6.10 Å². The van der Waals surface area contributed by atoms with E-state index < -0.39 is 16.1 Å². The summed E-state index contributed by atoms with van der Waals surface area (Å²) in [6, 6.07) is 19.8. The number of halogens is 1. The Morgan fingerprint density at radius 3 is 2.33 bits per heavy atom. The highest BCUT2D eigenvalue weighted by molar-refractivity contribution is 7.92. The van der Waals surface area contributed by atoms with E-state index in [0.717, 1.165) is 5.56 Å². The average Bonchev–Trinajstić information content (AvgIpc) is 2.70. The van der Waals surface area contributed by atoms with Crippen molar-refractivity contribution in [2.24, 2.45) is 0 Å². The van der Waals surface area contributed by atoms with Gasteiger partial charge in [0.25, 0.3) is 15.9 Å². The molecule has 30 heavy (non-hydrogen) atoms. The molecule has 8 heteroatoms. The molecule has 0 aromatic heterocycles. The minimum atomic E-state index is -3.74. The van der Waals surface area contributed by atoms with E-state index in [4.69, 9.17) is 16.3 Å². The standard InChI is InChI=1S/C22H21ClN2O4S/c1-15-6-5-7-18(14-15)25-30(27,28)19-12-10-17(11-13-19)24-22(26)16(2)29-21-9-4-3-8-20(21)23/h3-14,16,25H,1-2H3,(H,24,26)/t16-/m1/s1. The van der Waals surface area contributed by atoms with Gasteiger partial charge in [0, 0.05) is 11.4 Å². The van der Waals surface area contributed by atoms with Crippen molar-refractivity contribution in [3.05, 3.63) is 83.4 Å². The van der Waals surface area contributed by atoms with Gasteiger partial charge in [0.05, 0.1) is 9.92 Å². The van der Waals surface area contributed by atoms with E-state index >= 15 is 0 Å². The molecule has 0 spiro atoms. The van der Waals surface area contributed by atoms with Gasteiger partial charge in [-0.25, -0.2) is 8.42 Å². The van der Waals surface area contributed by atoms with E-state index in [1.807, 2.05) is 13.0 Å². The molecular weight excluding hydrogens is 424 g/mol. The van der Waals surface area contributed by atoms with Crippen LogP contribution in [0.15, 0.2) is 77.7 Å². The maximum Gasteiger partial charge on any atom is 0.265 e. The molecule has 3 aromatic rings. The number of hydrogen-bond acceptors (Lipinski definition) is 4. The molecule has 0 unspecified atom stereocenters. The summed E-state index contributed by atoms with van der Waals surface area (Å²) in [5, 5.41) is 3.10. The second-order valence-electron chi connectivity index (χ2n) is 6.68. The molecule has 0 saturated carbocycles. The summed E-state index contributed by atoms with van der Waals surface area (Å²) in [7, 11) is -3.74. The van der Waals surface area contributed by atoms with Crippen LogP contribution in [0, 0.1) is 6.92 Å². The largest absolute Gasteiger partial charge is 0.479 e. The number of aryl methyl sites for hydroxylation is 1. The van der Waals surface area contributed by atoms with Crippen LogP contribution < -0.4 is 14.8 Å². The molecule has 6 nitrogen and oxygen atoms in total. The lowest BCUT2D eigenvalue weighted by molar-refractivity contribution is -0.122. The third kappa shape index (κ3) is 5.52. The van der Waals surface area contributed by atoms with Gasteiger partial charge in [-0.3, -0.25) is 9.52 Å². The zero-order chi connectivity index (χ0) is 21.7. The fraction of sp³-hybridized carbons (Fsp3) is 0.136. The second-order valence-corrected chi connectivity index (χ2v) is 8.77. The lowest BCUT2D eigenvalue weighted by atomic mass is 10.2. The molecule has 1 atom stereocenters. The van der Waals surface area contributed by atoms with Gasteiger partial charge in [0.1, 0.15) is 5.75 Å². The number of benzene rings is 3. The molecule has 3 aromatic carbocycles. The maximum atomic E-state index is 12.6. The van der Waals surface area contributed by atoms with Crippen molar-refractivity contribution >= 4 is 38.9 Å². The van der Waals surface area contributed by atoms with E-state index in [1.54, 1.807) is 49.4 Å². The summed E-state index contributed by atoms with van der Waals surface area (Å²) in [5.74, 6) is 0.0221. The Labute approximate surface area is 180 Å². The molecule has 156 valence electrons. The number of ether oxygens (including phenoxy) is 1. The van der Waals surface area contributed by atoms with Crippen molar-refractivity contribution in [1.29, 1.82) is 0 Å². The normalized spacial score (nSPS) is 12.1. The molecule has 1 amide bonds. The fourth-order valence-electron chi connectivity index (χ4n) is 2.67. The Morgan fingerprint density at radius 1 is 0.967 bits per heavy atom. The number of nitrogens with one attached hydrogen (secondary N) is 2. The van der Waals surface area contributed by atoms with Crippen LogP contribution in [0.5, 0.6) is 5.75 Å². The summed E-state index contributed by atoms with van der Waals surface area (Å²) in [6.07, 6.45) is -0.795. The van der Waals surface area contributed by atoms with E-state index in [9.17, 15) is 13.2 Å². The molecule has 0 saturated heterocycles. The Bertz CT molecular complexity index is 1150.